The molecule has 0 fully saturated rings. The lowest BCUT2D eigenvalue weighted by molar-refractivity contribution is 0.102. The van der Waals surface area contributed by atoms with E-state index in [1.165, 1.54) is 12.1 Å². The van der Waals surface area contributed by atoms with Crippen molar-refractivity contribution in [2.24, 2.45) is 0 Å². The zero-order chi connectivity index (χ0) is 14.9. The number of nitrogens with zero attached hydrogens (tertiary/aromatic N) is 1. The molecule has 0 unspecified atom stereocenters. The number of aromatic nitrogens is 1. The van der Waals surface area contributed by atoms with E-state index in [4.69, 9.17) is 4.52 Å². The van der Waals surface area contributed by atoms with Gasteiger partial charge in [0.05, 0.1) is 11.4 Å². The van der Waals surface area contributed by atoms with Gasteiger partial charge in [0.1, 0.15) is 11.4 Å². The third-order valence-electron chi connectivity index (χ3n) is 2.82. The number of benzene rings is 1. The Morgan fingerprint density at radius 2 is 2.15 bits per heavy atom. The quantitative estimate of drug-likeness (QED) is 0.908. The molecule has 1 amide bonds. The number of anilines is 1. The largest absolute Gasteiger partial charge is 0.360 e. The summed E-state index contributed by atoms with van der Waals surface area (Å²) >= 11 is 3.17. The summed E-state index contributed by atoms with van der Waals surface area (Å²) in [6.45, 7) is 5.48. The minimum absolute atomic E-state index is 0.0201. The molecular weight excluding hydrogens is 327 g/mol. The molecule has 2 aromatic rings. The summed E-state index contributed by atoms with van der Waals surface area (Å²) in [5, 5.41) is 6.34. The van der Waals surface area contributed by atoms with E-state index in [9.17, 15) is 9.18 Å². The van der Waals surface area contributed by atoms with Gasteiger partial charge in [-0.15, -0.1) is 0 Å². The van der Waals surface area contributed by atoms with Crippen LogP contribution in [0.2, 0.25) is 0 Å². The zero-order valence-electron chi connectivity index (χ0n) is 11.3. The monoisotopic (exact) mass is 340 g/mol. The summed E-state index contributed by atoms with van der Waals surface area (Å²) < 4.78 is 19.5. The molecule has 2 rings (SSSR count). The van der Waals surface area contributed by atoms with Gasteiger partial charge < -0.3 is 9.84 Å². The summed E-state index contributed by atoms with van der Waals surface area (Å²) in [6.07, 6.45) is 0. The number of hydrogen-bond acceptors (Lipinski definition) is 3. The van der Waals surface area contributed by atoms with Gasteiger partial charge in [-0.25, -0.2) is 4.39 Å². The summed E-state index contributed by atoms with van der Waals surface area (Å²) in [6, 6.07) is 4.44. The van der Waals surface area contributed by atoms with Crippen LogP contribution in [0.3, 0.4) is 0 Å². The molecule has 1 aromatic carbocycles. The molecule has 6 heteroatoms. The van der Waals surface area contributed by atoms with Crippen molar-refractivity contribution in [2.45, 2.75) is 26.7 Å². The molecule has 0 aliphatic rings. The number of nitrogens with one attached hydrogen (secondary N) is 1. The fourth-order valence-corrected chi connectivity index (χ4v) is 2.17. The maximum Gasteiger partial charge on any atom is 0.261 e. The first-order chi connectivity index (χ1) is 9.40. The molecule has 1 N–H and O–H groups in total. The highest BCUT2D eigenvalue weighted by Crippen LogP contribution is 2.25. The predicted molar refractivity (Wildman–Crippen MR) is 77.4 cm³/mol. The van der Waals surface area contributed by atoms with Crippen LogP contribution in [-0.2, 0) is 0 Å². The second kappa shape index (κ2) is 5.75. The third kappa shape index (κ3) is 2.90. The zero-order valence-corrected chi connectivity index (χ0v) is 12.9. The molecule has 106 valence electrons. The van der Waals surface area contributed by atoms with Crippen molar-refractivity contribution in [2.75, 3.05) is 5.32 Å². The molecule has 0 radical (unpaired) electrons. The Labute approximate surface area is 124 Å². The molecular formula is C14H14BrFN2O2. The number of carbonyl (C=O) groups excluding carboxylic acids is 1. The molecule has 0 saturated carbocycles. The van der Waals surface area contributed by atoms with E-state index < -0.39 is 11.7 Å². The lowest BCUT2D eigenvalue weighted by Crippen LogP contribution is -2.15. The first kappa shape index (κ1) is 14.7. The van der Waals surface area contributed by atoms with Gasteiger partial charge in [0.25, 0.3) is 5.91 Å². The number of carbonyl (C=O) groups is 1. The summed E-state index contributed by atoms with van der Waals surface area (Å²) in [4.78, 5) is 12.3. The number of amides is 1. The summed E-state index contributed by atoms with van der Waals surface area (Å²) in [5.41, 5.74) is 0.972. The fourth-order valence-electron chi connectivity index (χ4n) is 1.83. The van der Waals surface area contributed by atoms with Crippen molar-refractivity contribution in [1.29, 1.82) is 0 Å². The maximum absolute atomic E-state index is 13.7. The standard InChI is InChI=1S/C14H14BrFN2O2/c1-7(2)13-12(8(3)18-20-13)14(19)17-11-5-4-9(15)6-10(11)16/h4-7H,1-3H3,(H,17,19). The Kier molecular flexibility index (Phi) is 4.23. The van der Waals surface area contributed by atoms with E-state index in [1.54, 1.807) is 13.0 Å². The average molecular weight is 341 g/mol. The van der Waals surface area contributed by atoms with Crippen molar-refractivity contribution in [3.8, 4) is 0 Å². The van der Waals surface area contributed by atoms with Crippen LogP contribution < -0.4 is 5.32 Å². The first-order valence-electron chi connectivity index (χ1n) is 6.12. The number of aryl methyl sites for hydroxylation is 1. The van der Waals surface area contributed by atoms with Crippen LogP contribution in [0, 0.1) is 12.7 Å². The highest BCUT2D eigenvalue weighted by Gasteiger charge is 2.23. The molecule has 0 atom stereocenters. The van der Waals surface area contributed by atoms with Gasteiger partial charge in [0, 0.05) is 10.4 Å². The lowest BCUT2D eigenvalue weighted by atomic mass is 10.0. The van der Waals surface area contributed by atoms with Crippen LogP contribution in [0.1, 0.15) is 41.6 Å². The molecule has 1 heterocycles. The van der Waals surface area contributed by atoms with Gasteiger partial charge in [-0.05, 0) is 25.1 Å². The van der Waals surface area contributed by atoms with Gasteiger partial charge >= 0.3 is 0 Å². The van der Waals surface area contributed by atoms with Crippen molar-refractivity contribution in [1.82, 2.24) is 5.16 Å². The highest BCUT2D eigenvalue weighted by atomic mass is 79.9. The molecule has 1 aromatic heterocycles. The van der Waals surface area contributed by atoms with Crippen LogP contribution in [0.25, 0.3) is 0 Å². The minimum atomic E-state index is -0.507. The van der Waals surface area contributed by atoms with Crippen LogP contribution >= 0.6 is 15.9 Å². The third-order valence-corrected chi connectivity index (χ3v) is 3.31. The molecule has 0 spiro atoms. The Balaban J connectivity index is 2.31. The predicted octanol–water partition coefficient (Wildman–Crippen LogP) is 4.26. The average Bonchev–Trinajstić information content (AvgIpc) is 2.75. The van der Waals surface area contributed by atoms with E-state index in [-0.39, 0.29) is 11.6 Å². The molecule has 0 saturated heterocycles. The summed E-state index contributed by atoms with van der Waals surface area (Å²) in [5.74, 6) is -0.411. The highest BCUT2D eigenvalue weighted by molar-refractivity contribution is 9.10. The Morgan fingerprint density at radius 3 is 2.75 bits per heavy atom. The Morgan fingerprint density at radius 1 is 1.45 bits per heavy atom. The van der Waals surface area contributed by atoms with Crippen molar-refractivity contribution >= 4 is 27.5 Å². The SMILES string of the molecule is Cc1noc(C(C)C)c1C(=O)Nc1ccc(Br)cc1F. The van der Waals surface area contributed by atoms with Crippen LogP contribution in [-0.4, -0.2) is 11.1 Å². The van der Waals surface area contributed by atoms with Gasteiger partial charge in [0.15, 0.2) is 5.76 Å². The van der Waals surface area contributed by atoms with Gasteiger partial charge in [-0.1, -0.05) is 34.9 Å². The molecule has 4 nitrogen and oxygen atoms in total. The Hall–Kier alpha value is -1.69. The van der Waals surface area contributed by atoms with E-state index in [0.717, 1.165) is 0 Å². The second-order valence-electron chi connectivity index (χ2n) is 4.74. The lowest BCUT2D eigenvalue weighted by Gasteiger charge is -2.08. The first-order valence-corrected chi connectivity index (χ1v) is 6.92. The van der Waals surface area contributed by atoms with Gasteiger partial charge in [0.2, 0.25) is 0 Å². The minimum Gasteiger partial charge on any atom is -0.360 e. The summed E-state index contributed by atoms with van der Waals surface area (Å²) in [7, 11) is 0. The van der Waals surface area contributed by atoms with Crippen molar-refractivity contribution in [3.63, 3.8) is 0 Å². The molecule has 0 aliphatic carbocycles. The van der Waals surface area contributed by atoms with Crippen LogP contribution in [0.15, 0.2) is 27.2 Å². The van der Waals surface area contributed by atoms with Crippen molar-refractivity contribution < 1.29 is 13.7 Å². The van der Waals surface area contributed by atoms with Crippen LogP contribution in [0.4, 0.5) is 10.1 Å². The van der Waals surface area contributed by atoms with E-state index >= 15 is 0 Å². The van der Waals surface area contributed by atoms with Crippen LogP contribution in [0.5, 0.6) is 0 Å². The number of halogens is 2. The molecule has 20 heavy (non-hydrogen) atoms. The second-order valence-corrected chi connectivity index (χ2v) is 5.66. The molecule has 0 bridgehead atoms. The topological polar surface area (TPSA) is 55.1 Å². The van der Waals surface area contributed by atoms with E-state index in [0.29, 0.717) is 21.5 Å². The normalized spacial score (nSPS) is 10.9. The molecule has 0 aliphatic heterocycles. The van der Waals surface area contributed by atoms with Gasteiger partial charge in [-0.2, -0.15) is 0 Å². The van der Waals surface area contributed by atoms with Gasteiger partial charge in [-0.3, -0.25) is 4.79 Å². The maximum atomic E-state index is 13.7. The van der Waals surface area contributed by atoms with E-state index in [2.05, 4.69) is 26.4 Å². The van der Waals surface area contributed by atoms with Crippen molar-refractivity contribution in [3.05, 3.63) is 45.5 Å². The Bertz CT molecular complexity index is 653. The fraction of sp³-hybridized carbons (Fsp3) is 0.286. The number of rotatable bonds is 3. The van der Waals surface area contributed by atoms with E-state index in [1.807, 2.05) is 13.8 Å². The number of hydrogen-bond donors (Lipinski definition) is 1. The smallest absolute Gasteiger partial charge is 0.261 e.